The summed E-state index contributed by atoms with van der Waals surface area (Å²) < 4.78 is 24.3. The van der Waals surface area contributed by atoms with Gasteiger partial charge in [-0.25, -0.2) is 4.79 Å². The predicted octanol–water partition coefficient (Wildman–Crippen LogP) is 7.06. The number of allylic oxidation sites excluding steroid dienone is 6. The van der Waals surface area contributed by atoms with Crippen molar-refractivity contribution >= 4 is 29.2 Å². The van der Waals surface area contributed by atoms with Crippen LogP contribution in [-0.4, -0.2) is 128 Å². The molecule has 69 heavy (non-hydrogen) atoms. The molecule has 16 heteroatoms. The number of methoxy groups -OCH3 is 2. The number of hydrogen-bond donors (Lipinski definition) is 2. The topological polar surface area (TPSA) is 210 Å². The average Bonchev–Trinajstić information content (AvgIpc) is 3.88. The molecule has 4 heterocycles. The van der Waals surface area contributed by atoms with Crippen molar-refractivity contribution in [3.05, 3.63) is 53.9 Å². The molecule has 15 atom stereocenters. The van der Waals surface area contributed by atoms with Gasteiger partial charge < -0.3 is 34.1 Å². The van der Waals surface area contributed by atoms with Crippen LogP contribution in [0.4, 0.5) is 0 Å². The number of carbonyl (C=O) groups is 5. The molecule has 2 bridgehead atoms. The third-order valence-electron chi connectivity index (χ3n) is 15.5. The molecule has 5 rings (SSSR count). The van der Waals surface area contributed by atoms with E-state index in [2.05, 4.69) is 15.4 Å². The van der Waals surface area contributed by atoms with Crippen molar-refractivity contribution < 1.29 is 53.1 Å². The summed E-state index contributed by atoms with van der Waals surface area (Å²) in [6.07, 6.45) is 16.0. The second kappa shape index (κ2) is 25.8. The number of tetrazole rings is 1. The zero-order chi connectivity index (χ0) is 50.6. The number of aromatic nitrogens is 4. The Labute approximate surface area is 409 Å². The highest BCUT2D eigenvalue weighted by Gasteiger charge is 2.53. The number of rotatable bonds is 7. The summed E-state index contributed by atoms with van der Waals surface area (Å²) in [5.41, 5.74) is 1.41. The summed E-state index contributed by atoms with van der Waals surface area (Å²) in [5.74, 6) is -8.01. The summed E-state index contributed by atoms with van der Waals surface area (Å²) in [5, 5.41) is 35.9. The molecule has 1 amide bonds. The lowest BCUT2D eigenvalue weighted by Gasteiger charge is -2.42. The summed E-state index contributed by atoms with van der Waals surface area (Å²) in [7, 11) is 3.25. The Kier molecular flexibility index (Phi) is 20.8. The Morgan fingerprint density at radius 1 is 0.913 bits per heavy atom. The molecule has 0 spiro atoms. The maximum absolute atomic E-state index is 14.5. The van der Waals surface area contributed by atoms with E-state index in [4.69, 9.17) is 18.9 Å². The van der Waals surface area contributed by atoms with Gasteiger partial charge in [0.1, 0.15) is 23.7 Å². The third-order valence-corrected chi connectivity index (χ3v) is 15.5. The molecule has 384 valence electrons. The maximum Gasteiger partial charge on any atom is 0.329 e. The Morgan fingerprint density at radius 2 is 1.67 bits per heavy atom. The van der Waals surface area contributed by atoms with Crippen LogP contribution in [-0.2, 0) is 42.9 Å². The molecule has 4 aliphatic rings. The van der Waals surface area contributed by atoms with E-state index in [-0.39, 0.29) is 66.8 Å². The van der Waals surface area contributed by atoms with Gasteiger partial charge >= 0.3 is 5.97 Å². The van der Waals surface area contributed by atoms with Crippen molar-refractivity contribution in [3.63, 3.8) is 0 Å². The molecule has 1 unspecified atom stereocenters. The fourth-order valence-electron chi connectivity index (χ4n) is 11.1. The van der Waals surface area contributed by atoms with Gasteiger partial charge in [0, 0.05) is 57.3 Å². The summed E-state index contributed by atoms with van der Waals surface area (Å²) in [6.45, 7) is 15.0. The van der Waals surface area contributed by atoms with Gasteiger partial charge in [-0.3, -0.25) is 19.2 Å². The molecule has 1 saturated carbocycles. The number of cyclic esters (lactones) is 1. The zero-order valence-electron chi connectivity index (χ0n) is 42.8. The molecule has 1 aromatic rings. The van der Waals surface area contributed by atoms with Crippen LogP contribution < -0.4 is 0 Å². The van der Waals surface area contributed by atoms with Crippen LogP contribution in [0.25, 0.3) is 0 Å². The van der Waals surface area contributed by atoms with Gasteiger partial charge in [-0.1, -0.05) is 78.0 Å². The number of nitrogens with zero attached hydrogens (tertiary/aromatic N) is 5. The smallest absolute Gasteiger partial charge is 0.329 e. The SMILES string of the molecule is CC[C@H]1C(=O)[C@H](C)C[C@H](C)/C=C/C=C/C=C(\C)[C@@H](OC)C[C@@H]2CC[C@@H](C)[C@@](O)(O2)C(=O)C(=O)N2CCCC[C@H]2C(=O)O[C@H](C(C)C[C@@H]2CC[C@H](n3ncnn3)[C@H](OC)C2)CC(=O)[C@H](C)/C=C(\C)[C@H]1O. The Morgan fingerprint density at radius 3 is 2.35 bits per heavy atom. The van der Waals surface area contributed by atoms with E-state index in [0.29, 0.717) is 63.4 Å². The number of Topliss-reactive ketones (excluding diaryl/α,β-unsaturated/α-hetero) is 3. The molecule has 2 N–H and O–H groups in total. The number of esters is 1. The molecule has 1 aromatic heterocycles. The molecule has 3 fully saturated rings. The van der Waals surface area contributed by atoms with Crippen LogP contribution >= 0.6 is 0 Å². The maximum atomic E-state index is 14.5. The van der Waals surface area contributed by atoms with E-state index in [1.165, 1.54) is 11.2 Å². The van der Waals surface area contributed by atoms with E-state index in [1.54, 1.807) is 45.9 Å². The predicted molar refractivity (Wildman–Crippen MR) is 259 cm³/mol. The number of fused-ring (bicyclic) bond motifs is 3. The van der Waals surface area contributed by atoms with Crippen LogP contribution in [0.3, 0.4) is 0 Å². The Balaban J connectivity index is 1.46. The van der Waals surface area contributed by atoms with Gasteiger partial charge in [-0.15, -0.1) is 10.2 Å². The minimum absolute atomic E-state index is 0.0319. The molecule has 0 radical (unpaired) electrons. The highest BCUT2D eigenvalue weighted by Crippen LogP contribution is 2.39. The molecule has 16 nitrogen and oxygen atoms in total. The van der Waals surface area contributed by atoms with Crippen molar-refractivity contribution in [1.82, 2.24) is 25.1 Å². The lowest BCUT2D eigenvalue weighted by molar-refractivity contribution is -0.265. The molecule has 1 aliphatic carbocycles. The van der Waals surface area contributed by atoms with Gasteiger partial charge in [0.05, 0.1) is 30.5 Å². The lowest BCUT2D eigenvalue weighted by Crippen LogP contribution is -2.61. The number of hydrogen-bond acceptors (Lipinski definition) is 14. The van der Waals surface area contributed by atoms with Crippen LogP contribution in [0, 0.1) is 41.4 Å². The molecular formula is C53H81N5O11. The first-order valence-corrected chi connectivity index (χ1v) is 25.5. The Hall–Kier alpha value is -4.22. The van der Waals surface area contributed by atoms with E-state index in [9.17, 15) is 34.2 Å². The van der Waals surface area contributed by atoms with Crippen LogP contribution in [0.5, 0.6) is 0 Å². The first-order chi connectivity index (χ1) is 32.8. The highest BCUT2D eigenvalue weighted by molar-refractivity contribution is 6.39. The number of ether oxygens (including phenoxy) is 4. The van der Waals surface area contributed by atoms with Gasteiger partial charge in [0.15, 0.2) is 6.33 Å². The van der Waals surface area contributed by atoms with Gasteiger partial charge in [0.25, 0.3) is 11.7 Å². The highest BCUT2D eigenvalue weighted by atomic mass is 16.6. The second-order valence-electron chi connectivity index (χ2n) is 20.7. The molecule has 2 saturated heterocycles. The average molecular weight is 964 g/mol. The Bertz CT molecular complexity index is 2020. The molecule has 3 aliphatic heterocycles. The number of piperidine rings is 1. The summed E-state index contributed by atoms with van der Waals surface area (Å²) in [4.78, 5) is 74.1. The van der Waals surface area contributed by atoms with Crippen molar-refractivity contribution in [2.75, 3.05) is 20.8 Å². The monoisotopic (exact) mass is 964 g/mol. The minimum Gasteiger partial charge on any atom is -0.460 e. The largest absolute Gasteiger partial charge is 0.460 e. The molecule has 0 aromatic carbocycles. The molecular weight excluding hydrogens is 883 g/mol. The van der Waals surface area contributed by atoms with E-state index in [1.807, 2.05) is 65.0 Å². The van der Waals surface area contributed by atoms with E-state index in [0.717, 1.165) is 18.4 Å². The number of aliphatic hydroxyl groups is 2. The number of aliphatic hydroxyl groups excluding tert-OH is 1. The second-order valence-corrected chi connectivity index (χ2v) is 20.7. The van der Waals surface area contributed by atoms with Gasteiger partial charge in [0.2, 0.25) is 5.79 Å². The first kappa shape index (κ1) is 55.7. The van der Waals surface area contributed by atoms with Crippen molar-refractivity contribution in [1.29, 1.82) is 0 Å². The van der Waals surface area contributed by atoms with Crippen molar-refractivity contribution in [2.45, 2.75) is 187 Å². The summed E-state index contributed by atoms with van der Waals surface area (Å²) >= 11 is 0. The van der Waals surface area contributed by atoms with E-state index < -0.39 is 71.7 Å². The summed E-state index contributed by atoms with van der Waals surface area (Å²) in [6, 6.07) is -1.22. The number of carbonyl (C=O) groups excluding carboxylic acids is 5. The fourth-order valence-corrected chi connectivity index (χ4v) is 11.1. The quantitative estimate of drug-likeness (QED) is 0.159. The van der Waals surface area contributed by atoms with Gasteiger partial charge in [-0.2, -0.15) is 4.80 Å². The minimum atomic E-state index is -2.42. The van der Waals surface area contributed by atoms with Gasteiger partial charge in [-0.05, 0) is 119 Å². The standard InChI is InChI=1S/C53H81N5O11/c1-11-41-48(60)36(6)25-32(2)17-13-12-14-18-33(3)45(66-9)29-40-22-20-38(8)53(65,69-40)50(62)51(63)57-24-16-15-19-43(57)52(64)68-46(30-44(59)34(4)26-37(7)49(41)61)35(5)27-39-21-23-42(47(28-39)67-10)58-55-31-54-56-58/h12-14,17-18,26,31-32,34-36,38-43,45-47,49,61,65H,11,15-16,19-25,27-30H2,1-10H3/b14-12+,17-13+,33-18+,37-26+/t32-,34-,35?,36-,38-,39+,40+,41+,42+,43+,45+,46+,47-,49-,53-/m1/s1. The normalized spacial score (nSPS) is 38.8. The van der Waals surface area contributed by atoms with Crippen molar-refractivity contribution in [3.8, 4) is 0 Å². The number of amides is 1. The fraction of sp³-hybridized carbons (Fsp3) is 0.736. The number of ketones is 3. The first-order valence-electron chi connectivity index (χ1n) is 25.5. The zero-order valence-corrected chi connectivity index (χ0v) is 42.8. The third kappa shape index (κ3) is 14.2. The van der Waals surface area contributed by atoms with E-state index >= 15 is 0 Å². The van der Waals surface area contributed by atoms with Crippen molar-refractivity contribution in [2.24, 2.45) is 41.4 Å². The van der Waals surface area contributed by atoms with Crippen LogP contribution in [0.2, 0.25) is 0 Å². The van der Waals surface area contributed by atoms with Crippen LogP contribution in [0.1, 0.15) is 145 Å². The lowest BCUT2D eigenvalue weighted by atomic mass is 9.77. The van der Waals surface area contributed by atoms with Crippen LogP contribution in [0.15, 0.2) is 53.9 Å².